The van der Waals surface area contributed by atoms with Crippen LogP contribution in [0.4, 0.5) is 5.69 Å². The first-order valence-corrected chi connectivity index (χ1v) is 10.5. The van der Waals surface area contributed by atoms with Gasteiger partial charge in [0.25, 0.3) is 0 Å². The molecule has 1 aromatic heterocycles. The summed E-state index contributed by atoms with van der Waals surface area (Å²) >= 11 is 0. The number of amides is 1. The van der Waals surface area contributed by atoms with E-state index in [0.29, 0.717) is 31.4 Å². The quantitative estimate of drug-likeness (QED) is 0.419. The summed E-state index contributed by atoms with van der Waals surface area (Å²) in [6.07, 6.45) is 2.09. The third kappa shape index (κ3) is 5.12. The molecular formula is C24H27N5O2. The molecule has 2 heterocycles. The van der Waals surface area contributed by atoms with Gasteiger partial charge in [0.2, 0.25) is 11.8 Å². The Bertz CT molecular complexity index is 1070. The van der Waals surface area contributed by atoms with Crippen LogP contribution in [0.5, 0.6) is 0 Å². The zero-order valence-corrected chi connectivity index (χ0v) is 17.8. The van der Waals surface area contributed by atoms with Crippen LogP contribution in [0.1, 0.15) is 36.1 Å². The number of nitrogens with zero attached hydrogens (tertiary/aromatic N) is 2. The summed E-state index contributed by atoms with van der Waals surface area (Å²) in [5, 5.41) is 9.56. The maximum Gasteiger partial charge on any atom is 0.226 e. The van der Waals surface area contributed by atoms with Gasteiger partial charge in [-0.25, -0.2) is 9.98 Å². The Hall–Kier alpha value is -3.61. The number of carbonyl (C=O) groups is 1. The molecule has 0 radical (unpaired) electrons. The third-order valence-corrected chi connectivity index (χ3v) is 5.22. The van der Waals surface area contributed by atoms with E-state index in [-0.39, 0.29) is 11.8 Å². The first kappa shape index (κ1) is 20.7. The van der Waals surface area contributed by atoms with E-state index in [9.17, 15) is 4.79 Å². The maximum atomic E-state index is 12.1. The fourth-order valence-electron chi connectivity index (χ4n) is 3.61. The van der Waals surface area contributed by atoms with Crippen molar-refractivity contribution in [3.05, 3.63) is 71.6 Å². The number of oxazole rings is 1. The normalized spacial score (nSPS) is 15.9. The van der Waals surface area contributed by atoms with Crippen molar-refractivity contribution < 1.29 is 9.21 Å². The zero-order valence-electron chi connectivity index (χ0n) is 17.8. The van der Waals surface area contributed by atoms with E-state index in [2.05, 4.69) is 32.0 Å². The van der Waals surface area contributed by atoms with Gasteiger partial charge in [-0.2, -0.15) is 0 Å². The number of rotatable bonds is 6. The van der Waals surface area contributed by atoms with Crippen LogP contribution < -0.4 is 16.0 Å². The number of benzene rings is 2. The third-order valence-electron chi connectivity index (χ3n) is 5.22. The van der Waals surface area contributed by atoms with E-state index >= 15 is 0 Å². The summed E-state index contributed by atoms with van der Waals surface area (Å²) < 4.78 is 5.62. The second-order valence-corrected chi connectivity index (χ2v) is 7.62. The highest BCUT2D eigenvalue weighted by molar-refractivity contribution is 5.94. The number of hydrogen-bond acceptors (Lipinski definition) is 4. The fourth-order valence-corrected chi connectivity index (χ4v) is 3.61. The Labute approximate surface area is 182 Å². The Balaban J connectivity index is 1.41. The highest BCUT2D eigenvalue weighted by Crippen LogP contribution is 2.31. The minimum atomic E-state index is 0.0404. The standard InChI is InChI=1S/C24H27N5O2/c1-3-25-24(26-13-18-12-22(30)29-21-7-5-4-6-20(18)21)27-14-19-15-31-23(28-19)17-10-8-16(2)9-11-17/h4-11,15,18H,3,12-14H2,1-2H3,(H,29,30)(H2,25,26,27). The molecule has 0 bridgehead atoms. The number of carbonyl (C=O) groups excluding carboxylic acids is 1. The number of anilines is 1. The predicted octanol–water partition coefficient (Wildman–Crippen LogP) is 3.83. The number of aliphatic imine (C=N–C) groups is 1. The number of guanidine groups is 1. The second kappa shape index (κ2) is 9.47. The van der Waals surface area contributed by atoms with Crippen molar-refractivity contribution in [1.29, 1.82) is 0 Å². The van der Waals surface area contributed by atoms with Crippen molar-refractivity contribution in [2.45, 2.75) is 32.7 Å². The van der Waals surface area contributed by atoms with Gasteiger partial charge in [0, 0.05) is 36.7 Å². The van der Waals surface area contributed by atoms with Crippen LogP contribution in [0.3, 0.4) is 0 Å². The number of aromatic nitrogens is 1. The molecule has 4 rings (SSSR count). The second-order valence-electron chi connectivity index (χ2n) is 7.62. The van der Waals surface area contributed by atoms with Gasteiger partial charge in [-0.15, -0.1) is 0 Å². The van der Waals surface area contributed by atoms with Gasteiger partial charge in [0.05, 0.1) is 6.54 Å². The molecule has 160 valence electrons. The molecule has 0 fully saturated rings. The molecule has 1 atom stereocenters. The lowest BCUT2D eigenvalue weighted by molar-refractivity contribution is -0.116. The average molecular weight is 418 g/mol. The van der Waals surface area contributed by atoms with Crippen molar-refractivity contribution in [3.8, 4) is 11.5 Å². The van der Waals surface area contributed by atoms with E-state index in [1.165, 1.54) is 5.56 Å². The summed E-state index contributed by atoms with van der Waals surface area (Å²) in [4.78, 5) is 21.2. The van der Waals surface area contributed by atoms with Gasteiger partial charge in [0.1, 0.15) is 12.0 Å². The monoisotopic (exact) mass is 417 g/mol. The van der Waals surface area contributed by atoms with Crippen molar-refractivity contribution in [2.24, 2.45) is 4.99 Å². The van der Waals surface area contributed by atoms with Crippen LogP contribution in [0.2, 0.25) is 0 Å². The van der Waals surface area contributed by atoms with Gasteiger partial charge in [-0.1, -0.05) is 35.9 Å². The van der Waals surface area contributed by atoms with Gasteiger partial charge >= 0.3 is 0 Å². The molecule has 7 heteroatoms. The van der Waals surface area contributed by atoms with E-state index in [1.807, 2.05) is 56.3 Å². The molecule has 0 aliphatic carbocycles. The number of nitrogens with one attached hydrogen (secondary N) is 3. The van der Waals surface area contributed by atoms with Crippen LogP contribution in [0.15, 0.2) is 64.2 Å². The Morgan fingerprint density at radius 3 is 2.81 bits per heavy atom. The molecular weight excluding hydrogens is 390 g/mol. The maximum absolute atomic E-state index is 12.1. The van der Waals surface area contributed by atoms with Crippen molar-refractivity contribution in [1.82, 2.24) is 15.6 Å². The van der Waals surface area contributed by atoms with Gasteiger partial charge in [0.15, 0.2) is 5.96 Å². The molecule has 1 aliphatic rings. The van der Waals surface area contributed by atoms with Gasteiger partial charge in [-0.05, 0) is 37.6 Å². The lowest BCUT2D eigenvalue weighted by Crippen LogP contribution is -2.40. The summed E-state index contributed by atoms with van der Waals surface area (Å²) in [6.45, 7) is 5.82. The molecule has 0 saturated heterocycles. The molecule has 3 N–H and O–H groups in total. The number of fused-ring (bicyclic) bond motifs is 1. The van der Waals surface area contributed by atoms with Crippen molar-refractivity contribution in [2.75, 3.05) is 18.4 Å². The summed E-state index contributed by atoms with van der Waals surface area (Å²) in [7, 11) is 0. The number of hydrogen-bond donors (Lipinski definition) is 3. The largest absolute Gasteiger partial charge is 0.444 e. The molecule has 31 heavy (non-hydrogen) atoms. The van der Waals surface area contributed by atoms with Crippen molar-refractivity contribution in [3.63, 3.8) is 0 Å². The molecule has 0 spiro atoms. The topological polar surface area (TPSA) is 91.6 Å². The van der Waals surface area contributed by atoms with E-state index in [0.717, 1.165) is 29.1 Å². The zero-order chi connectivity index (χ0) is 21.6. The first-order valence-electron chi connectivity index (χ1n) is 10.5. The Morgan fingerprint density at radius 1 is 1.19 bits per heavy atom. The van der Waals surface area contributed by atoms with Crippen molar-refractivity contribution >= 4 is 17.6 Å². The molecule has 1 unspecified atom stereocenters. The van der Waals surface area contributed by atoms with Crippen LogP contribution in [0.25, 0.3) is 11.5 Å². The van der Waals surface area contributed by atoms with Gasteiger partial charge < -0.3 is 20.4 Å². The Morgan fingerprint density at radius 2 is 2.00 bits per heavy atom. The lowest BCUT2D eigenvalue weighted by atomic mass is 9.90. The first-order chi connectivity index (χ1) is 15.1. The van der Waals surface area contributed by atoms with Crippen LogP contribution in [-0.2, 0) is 11.3 Å². The molecule has 1 amide bonds. The van der Waals surface area contributed by atoms with E-state index in [4.69, 9.17) is 4.42 Å². The van der Waals surface area contributed by atoms with Crippen LogP contribution >= 0.6 is 0 Å². The molecule has 0 saturated carbocycles. The Kier molecular flexibility index (Phi) is 6.31. The van der Waals surface area contributed by atoms with E-state index < -0.39 is 0 Å². The molecule has 2 aromatic carbocycles. The minimum Gasteiger partial charge on any atom is -0.444 e. The SMILES string of the molecule is CCNC(=NCc1coc(-c2ccc(C)cc2)n1)NCC1CC(=O)Nc2ccccc21. The number of para-hydroxylation sites is 1. The highest BCUT2D eigenvalue weighted by atomic mass is 16.3. The van der Waals surface area contributed by atoms with E-state index in [1.54, 1.807) is 6.26 Å². The van der Waals surface area contributed by atoms with Gasteiger partial charge in [-0.3, -0.25) is 4.79 Å². The highest BCUT2D eigenvalue weighted by Gasteiger charge is 2.24. The molecule has 1 aliphatic heterocycles. The lowest BCUT2D eigenvalue weighted by Gasteiger charge is -2.26. The molecule has 3 aromatic rings. The van der Waals surface area contributed by atoms with Crippen LogP contribution in [0, 0.1) is 6.92 Å². The summed E-state index contributed by atoms with van der Waals surface area (Å²) in [5.41, 5.74) is 4.93. The average Bonchev–Trinajstić information content (AvgIpc) is 3.25. The minimum absolute atomic E-state index is 0.0404. The predicted molar refractivity (Wildman–Crippen MR) is 122 cm³/mol. The van der Waals surface area contributed by atoms with Crippen LogP contribution in [-0.4, -0.2) is 29.9 Å². The number of aryl methyl sites for hydroxylation is 1. The summed E-state index contributed by atoms with van der Waals surface area (Å²) in [5.74, 6) is 1.41. The smallest absolute Gasteiger partial charge is 0.226 e. The fraction of sp³-hybridized carbons (Fsp3) is 0.292. The summed E-state index contributed by atoms with van der Waals surface area (Å²) in [6, 6.07) is 16.0. The molecule has 7 nitrogen and oxygen atoms in total.